The highest BCUT2D eigenvalue weighted by molar-refractivity contribution is 5.98. The second kappa shape index (κ2) is 10.8. The van der Waals surface area contributed by atoms with Gasteiger partial charge in [-0.2, -0.15) is 0 Å². The third kappa shape index (κ3) is 6.05. The predicted octanol–water partition coefficient (Wildman–Crippen LogP) is 1.29. The Morgan fingerprint density at radius 2 is 1.93 bits per heavy atom. The number of likely N-dealkylation sites (tertiary alicyclic amines) is 1. The van der Waals surface area contributed by atoms with Crippen LogP contribution in [0.4, 0.5) is 0 Å². The van der Waals surface area contributed by atoms with Gasteiger partial charge in [0.05, 0.1) is 0 Å². The summed E-state index contributed by atoms with van der Waals surface area (Å²) in [5.74, 6) is -0.376. The molecule has 28 heavy (non-hydrogen) atoms. The average Bonchev–Trinajstić information content (AvgIpc) is 3.17. The summed E-state index contributed by atoms with van der Waals surface area (Å²) in [6.07, 6.45) is 2.65. The van der Waals surface area contributed by atoms with Gasteiger partial charge in [0.1, 0.15) is 12.1 Å². The lowest BCUT2D eigenvalue weighted by atomic mass is 10.0. The maximum absolute atomic E-state index is 13.2. The molecule has 0 unspecified atom stereocenters. The normalized spacial score (nSPS) is 17.4. The molecule has 1 aromatic carbocycles. The zero-order valence-corrected chi connectivity index (χ0v) is 16.8. The van der Waals surface area contributed by atoms with Crippen LogP contribution in [0.25, 0.3) is 0 Å². The topological polar surface area (TPSA) is 105 Å². The molecule has 0 radical (unpaired) electrons. The number of nitrogens with zero attached hydrogens (tertiary/aromatic N) is 1. The summed E-state index contributed by atoms with van der Waals surface area (Å²) in [5, 5.41) is 5.73. The highest BCUT2D eigenvalue weighted by Gasteiger charge is 2.37. The van der Waals surface area contributed by atoms with E-state index in [0.29, 0.717) is 44.5 Å². The third-order valence-corrected chi connectivity index (χ3v) is 4.87. The van der Waals surface area contributed by atoms with Crippen molar-refractivity contribution in [3.63, 3.8) is 0 Å². The minimum Gasteiger partial charge on any atom is -0.354 e. The maximum atomic E-state index is 13.2. The minimum absolute atomic E-state index is 0.142. The number of benzene rings is 1. The Balaban J connectivity index is 2.08. The van der Waals surface area contributed by atoms with E-state index in [-0.39, 0.29) is 23.6 Å². The molecule has 2 rings (SSSR count). The molecule has 0 aliphatic carbocycles. The van der Waals surface area contributed by atoms with E-state index in [1.54, 1.807) is 29.2 Å². The first-order chi connectivity index (χ1) is 13.4. The van der Waals surface area contributed by atoms with Crippen LogP contribution in [0.15, 0.2) is 30.3 Å². The highest BCUT2D eigenvalue weighted by Crippen LogP contribution is 2.20. The van der Waals surface area contributed by atoms with Crippen molar-refractivity contribution in [3.8, 4) is 0 Å². The van der Waals surface area contributed by atoms with Crippen LogP contribution >= 0.6 is 0 Å². The van der Waals surface area contributed by atoms with Gasteiger partial charge in [-0.05, 0) is 50.3 Å². The summed E-state index contributed by atoms with van der Waals surface area (Å²) in [5.41, 5.74) is 5.98. The molecule has 154 valence electrons. The monoisotopic (exact) mass is 388 g/mol. The predicted molar refractivity (Wildman–Crippen MR) is 109 cm³/mol. The molecule has 2 atom stereocenters. The molecule has 1 aliphatic heterocycles. The van der Waals surface area contributed by atoms with E-state index in [1.165, 1.54) is 0 Å². The van der Waals surface area contributed by atoms with Crippen LogP contribution in [0, 0.1) is 5.92 Å². The number of nitrogens with two attached hydrogens (primary N) is 1. The van der Waals surface area contributed by atoms with Crippen LogP contribution in [0.5, 0.6) is 0 Å². The van der Waals surface area contributed by atoms with Crippen LogP contribution in [-0.4, -0.2) is 54.3 Å². The number of hydrogen-bond acceptors (Lipinski definition) is 4. The van der Waals surface area contributed by atoms with Gasteiger partial charge in [-0.1, -0.05) is 32.0 Å². The molecule has 0 spiro atoms. The zero-order chi connectivity index (χ0) is 20.5. The second-order valence-corrected chi connectivity index (χ2v) is 7.64. The first-order valence-corrected chi connectivity index (χ1v) is 10.1. The van der Waals surface area contributed by atoms with E-state index in [4.69, 9.17) is 5.73 Å². The van der Waals surface area contributed by atoms with Crippen molar-refractivity contribution in [1.29, 1.82) is 0 Å². The van der Waals surface area contributed by atoms with Crippen LogP contribution in [0.1, 0.15) is 49.9 Å². The molecule has 7 nitrogen and oxygen atoms in total. The van der Waals surface area contributed by atoms with Gasteiger partial charge in [-0.3, -0.25) is 14.4 Å². The Morgan fingerprint density at radius 3 is 2.57 bits per heavy atom. The third-order valence-electron chi connectivity index (χ3n) is 4.87. The van der Waals surface area contributed by atoms with Crippen molar-refractivity contribution in [2.45, 2.75) is 51.6 Å². The summed E-state index contributed by atoms with van der Waals surface area (Å²) in [7, 11) is 0. The molecule has 3 amide bonds. The molecule has 0 bridgehead atoms. The number of rotatable bonds is 9. The molecule has 1 aliphatic rings. The van der Waals surface area contributed by atoms with E-state index in [0.717, 1.165) is 6.42 Å². The summed E-state index contributed by atoms with van der Waals surface area (Å²) in [6.45, 7) is 5.57. The molecule has 1 fully saturated rings. The Labute approximate surface area is 167 Å². The minimum atomic E-state index is -0.648. The summed E-state index contributed by atoms with van der Waals surface area (Å²) in [6, 6.07) is 7.72. The number of carbonyl (C=O) groups excluding carboxylic acids is 3. The van der Waals surface area contributed by atoms with Crippen molar-refractivity contribution in [1.82, 2.24) is 15.5 Å². The lowest BCUT2D eigenvalue weighted by Crippen LogP contribution is -2.54. The second-order valence-electron chi connectivity index (χ2n) is 7.64. The van der Waals surface area contributed by atoms with Crippen LogP contribution in [0.2, 0.25) is 0 Å². The molecule has 1 aromatic rings. The first-order valence-electron chi connectivity index (χ1n) is 10.1. The molecule has 7 heteroatoms. The van der Waals surface area contributed by atoms with Gasteiger partial charge in [-0.15, -0.1) is 0 Å². The van der Waals surface area contributed by atoms with Gasteiger partial charge in [0, 0.05) is 18.7 Å². The molecule has 1 saturated heterocycles. The Kier molecular flexibility index (Phi) is 8.44. The lowest BCUT2D eigenvalue weighted by molar-refractivity contribution is -0.140. The SMILES string of the molecule is CC(C)C[C@H](NC(=O)c1ccccc1)C(=O)N1CCC[C@H]1C(=O)NCCCN. The molecule has 0 saturated carbocycles. The maximum Gasteiger partial charge on any atom is 0.251 e. The Bertz CT molecular complexity index is 663. The van der Waals surface area contributed by atoms with Gasteiger partial charge < -0.3 is 21.3 Å². The van der Waals surface area contributed by atoms with Crippen molar-refractivity contribution >= 4 is 17.7 Å². The number of hydrogen-bond donors (Lipinski definition) is 3. The van der Waals surface area contributed by atoms with E-state index in [1.807, 2.05) is 19.9 Å². The fourth-order valence-electron chi connectivity index (χ4n) is 3.46. The number of amides is 3. The Hall–Kier alpha value is -2.41. The molecule has 4 N–H and O–H groups in total. The van der Waals surface area contributed by atoms with Gasteiger partial charge in [0.25, 0.3) is 5.91 Å². The first kappa shape index (κ1) is 21.9. The number of carbonyl (C=O) groups is 3. The van der Waals surface area contributed by atoms with Crippen LogP contribution < -0.4 is 16.4 Å². The molecular formula is C21H32N4O3. The molecular weight excluding hydrogens is 356 g/mol. The summed E-state index contributed by atoms with van der Waals surface area (Å²) >= 11 is 0. The van der Waals surface area contributed by atoms with Gasteiger partial charge in [-0.25, -0.2) is 0 Å². The fourth-order valence-corrected chi connectivity index (χ4v) is 3.46. The summed E-state index contributed by atoms with van der Waals surface area (Å²) < 4.78 is 0. The van der Waals surface area contributed by atoms with E-state index < -0.39 is 12.1 Å². The quantitative estimate of drug-likeness (QED) is 0.554. The van der Waals surface area contributed by atoms with E-state index in [2.05, 4.69) is 10.6 Å². The zero-order valence-electron chi connectivity index (χ0n) is 16.8. The lowest BCUT2D eigenvalue weighted by Gasteiger charge is -2.29. The highest BCUT2D eigenvalue weighted by atomic mass is 16.2. The van der Waals surface area contributed by atoms with Crippen molar-refractivity contribution in [3.05, 3.63) is 35.9 Å². The van der Waals surface area contributed by atoms with Crippen LogP contribution in [-0.2, 0) is 9.59 Å². The van der Waals surface area contributed by atoms with Crippen molar-refractivity contribution in [2.75, 3.05) is 19.6 Å². The smallest absolute Gasteiger partial charge is 0.251 e. The van der Waals surface area contributed by atoms with Gasteiger partial charge in [0.2, 0.25) is 11.8 Å². The van der Waals surface area contributed by atoms with E-state index in [9.17, 15) is 14.4 Å². The van der Waals surface area contributed by atoms with Crippen molar-refractivity contribution < 1.29 is 14.4 Å². The van der Waals surface area contributed by atoms with E-state index >= 15 is 0 Å². The Morgan fingerprint density at radius 1 is 1.21 bits per heavy atom. The van der Waals surface area contributed by atoms with Gasteiger partial charge >= 0.3 is 0 Å². The van der Waals surface area contributed by atoms with Gasteiger partial charge in [0.15, 0.2) is 0 Å². The van der Waals surface area contributed by atoms with Crippen molar-refractivity contribution in [2.24, 2.45) is 11.7 Å². The van der Waals surface area contributed by atoms with Crippen LogP contribution in [0.3, 0.4) is 0 Å². The number of nitrogens with one attached hydrogen (secondary N) is 2. The largest absolute Gasteiger partial charge is 0.354 e. The fraction of sp³-hybridized carbons (Fsp3) is 0.571. The molecule has 1 heterocycles. The standard InChI is InChI=1S/C21H32N4O3/c1-15(2)14-17(24-19(26)16-8-4-3-5-9-16)21(28)25-13-6-10-18(25)20(27)23-12-7-11-22/h3-5,8-9,15,17-18H,6-7,10-14,22H2,1-2H3,(H,23,27)(H,24,26)/t17-,18-/m0/s1. The average molecular weight is 389 g/mol. The summed E-state index contributed by atoms with van der Waals surface area (Å²) in [4.78, 5) is 39.9. The molecule has 0 aromatic heterocycles.